The zero-order chi connectivity index (χ0) is 6.69. The summed E-state index contributed by atoms with van der Waals surface area (Å²) in [5, 5.41) is 10.6. The Morgan fingerprint density at radius 2 is 2.67 bits per heavy atom. The lowest BCUT2D eigenvalue weighted by molar-refractivity contribution is 0.319. The van der Waals surface area contributed by atoms with Crippen LogP contribution in [0.25, 0.3) is 0 Å². The van der Waals surface area contributed by atoms with Gasteiger partial charge >= 0.3 is 0 Å². The van der Waals surface area contributed by atoms with Gasteiger partial charge in [0.1, 0.15) is 6.26 Å². The third kappa shape index (κ3) is 1.20. The number of oxime groups is 1. The second-order valence-corrected chi connectivity index (χ2v) is 1.59. The van der Waals surface area contributed by atoms with Crippen LogP contribution in [0.15, 0.2) is 22.0 Å². The van der Waals surface area contributed by atoms with Crippen molar-refractivity contribution < 1.29 is 9.62 Å². The fourth-order valence-electron chi connectivity index (χ4n) is 0.368. The molecule has 48 valence electrons. The van der Waals surface area contributed by atoms with E-state index >= 15 is 0 Å². The molecule has 4 nitrogen and oxygen atoms in total. The summed E-state index contributed by atoms with van der Waals surface area (Å²) in [6.45, 7) is 0. The molecule has 0 aliphatic rings. The van der Waals surface area contributed by atoms with E-state index in [1.807, 2.05) is 0 Å². The maximum Gasteiger partial charge on any atom is 0.260 e. The molecule has 0 unspecified atom stereocenters. The zero-order valence-corrected chi connectivity index (χ0v) is 5.04. The second kappa shape index (κ2) is 2.50. The largest absolute Gasteiger partial charge is 0.443 e. The average molecular weight is 147 g/mol. The van der Waals surface area contributed by atoms with Crippen molar-refractivity contribution in [2.24, 2.45) is 5.16 Å². The Kier molecular flexibility index (Phi) is 1.69. The zero-order valence-electron chi connectivity index (χ0n) is 4.28. The van der Waals surface area contributed by atoms with Gasteiger partial charge in [-0.15, -0.1) is 0 Å². The number of halogens is 1. The predicted molar refractivity (Wildman–Crippen MR) is 30.7 cm³/mol. The van der Waals surface area contributed by atoms with Gasteiger partial charge in [-0.3, -0.25) is 0 Å². The van der Waals surface area contributed by atoms with Crippen molar-refractivity contribution in [2.75, 3.05) is 0 Å². The molecular formula is C4H3ClN2O2. The minimum atomic E-state index is -0.153. The van der Waals surface area contributed by atoms with Gasteiger partial charge < -0.3 is 9.62 Å². The third-order valence-electron chi connectivity index (χ3n) is 0.697. The van der Waals surface area contributed by atoms with Gasteiger partial charge in [-0.2, -0.15) is 0 Å². The summed E-state index contributed by atoms with van der Waals surface area (Å²) < 4.78 is 4.65. The Hall–Kier alpha value is -1.03. The molecule has 0 aliphatic carbocycles. The number of hydrogen-bond donors (Lipinski definition) is 1. The van der Waals surface area contributed by atoms with Crippen LogP contribution < -0.4 is 0 Å². The quantitative estimate of drug-likeness (QED) is 0.366. The van der Waals surface area contributed by atoms with Gasteiger partial charge in [0.05, 0.1) is 6.20 Å². The van der Waals surface area contributed by atoms with Crippen LogP contribution in [0.5, 0.6) is 0 Å². The monoisotopic (exact) mass is 146 g/mol. The number of oxazole rings is 1. The highest BCUT2D eigenvalue weighted by molar-refractivity contribution is 6.68. The van der Waals surface area contributed by atoms with Crippen LogP contribution >= 0.6 is 11.6 Å². The molecule has 0 fully saturated rings. The van der Waals surface area contributed by atoms with Crippen molar-refractivity contribution in [3.05, 3.63) is 18.4 Å². The van der Waals surface area contributed by atoms with Crippen molar-refractivity contribution in [1.29, 1.82) is 0 Å². The molecule has 9 heavy (non-hydrogen) atoms. The standard InChI is InChI=1S/C4H3ClN2O2/c5-3(7-8)4-6-1-2-9-4/h1-2,8H. The molecule has 1 N–H and O–H groups in total. The molecule has 0 aliphatic heterocycles. The molecule has 1 aromatic rings. The maximum absolute atomic E-state index is 8.06. The summed E-state index contributed by atoms with van der Waals surface area (Å²) in [6, 6.07) is 0. The van der Waals surface area contributed by atoms with E-state index in [1.165, 1.54) is 12.5 Å². The van der Waals surface area contributed by atoms with Crippen LogP contribution in [0.2, 0.25) is 0 Å². The van der Waals surface area contributed by atoms with Gasteiger partial charge in [0.15, 0.2) is 0 Å². The molecule has 0 radical (unpaired) electrons. The van der Waals surface area contributed by atoms with Crippen LogP contribution in [0.4, 0.5) is 0 Å². The first-order valence-corrected chi connectivity index (χ1v) is 2.50. The lowest BCUT2D eigenvalue weighted by Crippen LogP contribution is -1.88. The molecular weight excluding hydrogens is 144 g/mol. The summed E-state index contributed by atoms with van der Waals surface area (Å²) in [4.78, 5) is 3.60. The van der Waals surface area contributed by atoms with E-state index in [9.17, 15) is 0 Å². The van der Waals surface area contributed by atoms with Gasteiger partial charge in [0, 0.05) is 0 Å². The van der Waals surface area contributed by atoms with Crippen LogP contribution in [-0.2, 0) is 0 Å². The van der Waals surface area contributed by atoms with E-state index in [1.54, 1.807) is 0 Å². The molecule has 5 heteroatoms. The fourth-order valence-corrected chi connectivity index (χ4v) is 0.461. The van der Waals surface area contributed by atoms with E-state index < -0.39 is 0 Å². The molecule has 0 spiro atoms. The molecule has 0 bridgehead atoms. The van der Waals surface area contributed by atoms with Crippen LogP contribution in [0, 0.1) is 0 Å². The van der Waals surface area contributed by atoms with Crippen molar-refractivity contribution in [3.63, 3.8) is 0 Å². The molecule has 0 saturated carbocycles. The molecule has 0 aromatic carbocycles. The molecule has 0 atom stereocenters. The van der Waals surface area contributed by atoms with Crippen LogP contribution in [0.3, 0.4) is 0 Å². The van der Waals surface area contributed by atoms with Crippen molar-refractivity contribution >= 4 is 16.8 Å². The minimum Gasteiger partial charge on any atom is -0.443 e. The first-order chi connectivity index (χ1) is 4.34. The number of nitrogens with zero attached hydrogens (tertiary/aromatic N) is 2. The normalized spacial score (nSPS) is 11.9. The van der Waals surface area contributed by atoms with E-state index in [2.05, 4.69) is 14.6 Å². The van der Waals surface area contributed by atoms with Crippen LogP contribution in [0.1, 0.15) is 5.89 Å². The summed E-state index contributed by atoms with van der Waals surface area (Å²) in [5.74, 6) is 0.110. The van der Waals surface area contributed by atoms with Crippen LogP contribution in [-0.4, -0.2) is 15.4 Å². The number of hydrogen-bond acceptors (Lipinski definition) is 4. The Morgan fingerprint density at radius 3 is 3.11 bits per heavy atom. The highest BCUT2D eigenvalue weighted by Crippen LogP contribution is 1.99. The topological polar surface area (TPSA) is 58.6 Å². The summed E-state index contributed by atoms with van der Waals surface area (Å²) in [5.41, 5.74) is 0. The van der Waals surface area contributed by atoms with Gasteiger partial charge in [-0.25, -0.2) is 4.98 Å². The predicted octanol–water partition coefficient (Wildman–Crippen LogP) is 1.05. The fraction of sp³-hybridized carbons (Fsp3) is 0. The van der Waals surface area contributed by atoms with E-state index in [4.69, 9.17) is 16.8 Å². The second-order valence-electron chi connectivity index (χ2n) is 1.23. The van der Waals surface area contributed by atoms with Crippen molar-refractivity contribution in [2.45, 2.75) is 0 Å². The molecule has 1 rings (SSSR count). The first-order valence-electron chi connectivity index (χ1n) is 2.12. The Morgan fingerprint density at radius 1 is 1.89 bits per heavy atom. The summed E-state index contributed by atoms with van der Waals surface area (Å²) in [7, 11) is 0. The highest BCUT2D eigenvalue weighted by atomic mass is 35.5. The minimum absolute atomic E-state index is 0.110. The molecule has 1 aromatic heterocycles. The number of rotatable bonds is 1. The van der Waals surface area contributed by atoms with E-state index in [0.29, 0.717) is 0 Å². The number of aromatic nitrogens is 1. The van der Waals surface area contributed by atoms with Gasteiger partial charge in [0.25, 0.3) is 5.89 Å². The Bertz CT molecular complexity index is 206. The van der Waals surface area contributed by atoms with Crippen molar-refractivity contribution in [3.8, 4) is 0 Å². The average Bonchev–Trinajstić information content (AvgIpc) is 2.37. The molecule has 0 saturated heterocycles. The maximum atomic E-state index is 8.06. The van der Waals surface area contributed by atoms with Crippen molar-refractivity contribution in [1.82, 2.24) is 4.98 Å². The Balaban J connectivity index is 2.90. The van der Waals surface area contributed by atoms with Gasteiger partial charge in [-0.05, 0) is 0 Å². The smallest absolute Gasteiger partial charge is 0.260 e. The van der Waals surface area contributed by atoms with E-state index in [0.717, 1.165) is 0 Å². The first kappa shape index (κ1) is 6.10. The molecule has 1 heterocycles. The summed E-state index contributed by atoms with van der Waals surface area (Å²) >= 11 is 5.28. The third-order valence-corrected chi connectivity index (χ3v) is 0.934. The summed E-state index contributed by atoms with van der Waals surface area (Å²) in [6.07, 6.45) is 2.74. The lowest BCUT2D eigenvalue weighted by Gasteiger charge is -1.82. The molecule has 0 amide bonds. The van der Waals surface area contributed by atoms with Gasteiger partial charge in [-0.1, -0.05) is 16.8 Å². The Labute approximate surface area is 55.8 Å². The SMILES string of the molecule is ON=C(Cl)c1ncco1. The lowest BCUT2D eigenvalue weighted by atomic mass is 10.7. The van der Waals surface area contributed by atoms with E-state index in [-0.39, 0.29) is 11.1 Å². The van der Waals surface area contributed by atoms with Gasteiger partial charge in [0.2, 0.25) is 5.17 Å². The highest BCUT2D eigenvalue weighted by Gasteiger charge is 2.02.